The van der Waals surface area contributed by atoms with Crippen molar-refractivity contribution in [1.82, 2.24) is 10.6 Å². The zero-order valence-corrected chi connectivity index (χ0v) is 14.2. The van der Waals surface area contributed by atoms with Gasteiger partial charge in [0.1, 0.15) is 5.75 Å². The summed E-state index contributed by atoms with van der Waals surface area (Å²) in [5.41, 5.74) is 0. The molecule has 0 fully saturated rings. The van der Waals surface area contributed by atoms with E-state index in [0.717, 1.165) is 0 Å². The summed E-state index contributed by atoms with van der Waals surface area (Å²) >= 11 is 9.02. The van der Waals surface area contributed by atoms with Gasteiger partial charge in [-0.1, -0.05) is 11.6 Å². The number of ether oxygens (including phenoxy) is 2. The van der Waals surface area contributed by atoms with Gasteiger partial charge in [-0.2, -0.15) is 0 Å². The number of carbonyl (C=O) groups excluding carboxylic acids is 3. The molecule has 0 bridgehead atoms. The molecule has 22 heavy (non-hydrogen) atoms. The van der Waals surface area contributed by atoms with Crippen molar-refractivity contribution in [2.45, 2.75) is 13.0 Å². The molecule has 0 aliphatic heterocycles. The molecule has 1 aromatic carbocycles. The second kappa shape index (κ2) is 8.60. The summed E-state index contributed by atoms with van der Waals surface area (Å²) in [6, 6.07) is 4.12. The Morgan fingerprint density at radius 3 is 2.64 bits per heavy atom. The predicted molar refractivity (Wildman–Crippen MR) is 82.8 cm³/mol. The van der Waals surface area contributed by atoms with Crippen LogP contribution in [0, 0.1) is 0 Å². The normalized spacial score (nSPS) is 11.3. The van der Waals surface area contributed by atoms with Crippen molar-refractivity contribution in [2.75, 3.05) is 13.7 Å². The Morgan fingerprint density at radius 2 is 2.05 bits per heavy atom. The van der Waals surface area contributed by atoms with Crippen LogP contribution < -0.4 is 15.4 Å². The minimum atomic E-state index is -1.12. The minimum absolute atomic E-state index is 0.391. The number of benzene rings is 1. The third kappa shape index (κ3) is 5.90. The number of hydrogen-bond acceptors (Lipinski definition) is 5. The summed E-state index contributed by atoms with van der Waals surface area (Å²) in [5, 5.41) is 4.72. The molecule has 3 amide bonds. The molecule has 1 atom stereocenters. The van der Waals surface area contributed by atoms with Crippen LogP contribution in [0.3, 0.4) is 0 Å². The van der Waals surface area contributed by atoms with Crippen LogP contribution in [-0.4, -0.2) is 37.7 Å². The lowest BCUT2D eigenvalue weighted by Crippen LogP contribution is -2.43. The van der Waals surface area contributed by atoms with Crippen molar-refractivity contribution < 1.29 is 23.9 Å². The number of esters is 1. The number of amides is 3. The number of nitrogens with one attached hydrogen (secondary N) is 2. The van der Waals surface area contributed by atoms with Crippen LogP contribution in [0.4, 0.5) is 4.79 Å². The maximum atomic E-state index is 11.6. The molecule has 0 spiro atoms. The summed E-state index contributed by atoms with van der Waals surface area (Å²) in [5.74, 6) is -1.08. The highest BCUT2D eigenvalue weighted by molar-refractivity contribution is 9.10. The first-order chi connectivity index (χ1) is 10.3. The smallest absolute Gasteiger partial charge is 0.344 e. The summed E-state index contributed by atoms with van der Waals surface area (Å²) in [4.78, 5) is 34.1. The quantitative estimate of drug-likeness (QED) is 0.745. The van der Waals surface area contributed by atoms with Crippen LogP contribution >= 0.6 is 27.5 Å². The number of carbonyl (C=O) groups is 3. The fourth-order valence-electron chi connectivity index (χ4n) is 1.29. The molecule has 0 aliphatic rings. The first-order valence-corrected chi connectivity index (χ1v) is 7.30. The number of hydrogen-bond donors (Lipinski definition) is 2. The van der Waals surface area contributed by atoms with Gasteiger partial charge >= 0.3 is 12.0 Å². The van der Waals surface area contributed by atoms with Crippen LogP contribution in [0.5, 0.6) is 5.75 Å². The number of halogens is 2. The van der Waals surface area contributed by atoms with E-state index in [0.29, 0.717) is 15.2 Å². The first kappa shape index (κ1) is 18.2. The van der Waals surface area contributed by atoms with Crippen LogP contribution in [-0.2, 0) is 14.3 Å². The van der Waals surface area contributed by atoms with E-state index in [1.54, 1.807) is 18.2 Å². The highest BCUT2D eigenvalue weighted by atomic mass is 79.9. The summed E-state index contributed by atoms with van der Waals surface area (Å²) in [6.45, 7) is 0.951. The number of urea groups is 1. The lowest BCUT2D eigenvalue weighted by molar-refractivity contribution is -0.156. The molecule has 0 aromatic heterocycles. The van der Waals surface area contributed by atoms with E-state index >= 15 is 0 Å². The van der Waals surface area contributed by atoms with E-state index in [2.05, 4.69) is 21.2 Å². The molecule has 0 radical (unpaired) electrons. The Morgan fingerprint density at radius 1 is 1.36 bits per heavy atom. The fraction of sp³-hybridized carbons (Fsp3) is 0.308. The second-order valence-corrected chi connectivity index (χ2v) is 5.35. The largest absolute Gasteiger partial charge is 0.481 e. The molecule has 7 nitrogen and oxygen atoms in total. The molecule has 9 heteroatoms. The van der Waals surface area contributed by atoms with Gasteiger partial charge in [0.05, 0.1) is 4.47 Å². The van der Waals surface area contributed by atoms with E-state index in [1.807, 2.05) is 5.32 Å². The SMILES string of the molecule is CNC(=O)NC(=O)C(C)OC(=O)COc1ccc(Cl)cc1Br. The van der Waals surface area contributed by atoms with Crippen LogP contribution in [0.2, 0.25) is 5.02 Å². The molecule has 1 rings (SSSR count). The summed E-state index contributed by atoms with van der Waals surface area (Å²) < 4.78 is 10.7. The predicted octanol–water partition coefficient (Wildman–Crippen LogP) is 1.87. The van der Waals surface area contributed by atoms with Crippen molar-refractivity contribution in [3.8, 4) is 5.75 Å². The Balaban J connectivity index is 2.45. The van der Waals surface area contributed by atoms with Gasteiger partial charge in [0.2, 0.25) is 0 Å². The standard InChI is InChI=1S/C13H14BrClN2O5/c1-7(12(19)17-13(20)16-2)22-11(18)6-21-10-4-3-8(15)5-9(10)14/h3-5,7H,6H2,1-2H3,(H2,16,17,19,20). The molecule has 120 valence electrons. The average molecular weight is 394 g/mol. The lowest BCUT2D eigenvalue weighted by Gasteiger charge is -2.13. The van der Waals surface area contributed by atoms with Gasteiger partial charge in [0, 0.05) is 12.1 Å². The summed E-state index contributed by atoms with van der Waals surface area (Å²) in [6.07, 6.45) is -1.12. The van der Waals surface area contributed by atoms with Gasteiger partial charge in [0.25, 0.3) is 5.91 Å². The molecule has 0 aliphatic carbocycles. The highest BCUT2D eigenvalue weighted by Gasteiger charge is 2.20. The molecule has 2 N–H and O–H groups in total. The number of rotatable bonds is 5. The Bertz CT molecular complexity index is 582. The molecular weight excluding hydrogens is 380 g/mol. The maximum Gasteiger partial charge on any atom is 0.344 e. The minimum Gasteiger partial charge on any atom is -0.481 e. The van der Waals surface area contributed by atoms with Gasteiger partial charge in [-0.3, -0.25) is 10.1 Å². The highest BCUT2D eigenvalue weighted by Crippen LogP contribution is 2.27. The van der Waals surface area contributed by atoms with Crippen molar-refractivity contribution in [1.29, 1.82) is 0 Å². The monoisotopic (exact) mass is 392 g/mol. The molecule has 0 saturated carbocycles. The zero-order chi connectivity index (χ0) is 16.7. The van der Waals surface area contributed by atoms with Gasteiger partial charge in [-0.25, -0.2) is 9.59 Å². The van der Waals surface area contributed by atoms with E-state index in [1.165, 1.54) is 14.0 Å². The fourth-order valence-corrected chi connectivity index (χ4v) is 2.09. The first-order valence-electron chi connectivity index (χ1n) is 6.13. The molecule has 1 unspecified atom stereocenters. The van der Waals surface area contributed by atoms with Gasteiger partial charge < -0.3 is 14.8 Å². The third-order valence-corrected chi connectivity index (χ3v) is 3.24. The lowest BCUT2D eigenvalue weighted by atomic mass is 10.3. The molecule has 0 saturated heterocycles. The molecular formula is C13H14BrClN2O5. The van der Waals surface area contributed by atoms with Crippen LogP contribution in [0.25, 0.3) is 0 Å². The van der Waals surface area contributed by atoms with Crippen molar-refractivity contribution >= 4 is 45.4 Å². The van der Waals surface area contributed by atoms with Crippen LogP contribution in [0.1, 0.15) is 6.92 Å². The van der Waals surface area contributed by atoms with Crippen LogP contribution in [0.15, 0.2) is 22.7 Å². The second-order valence-electron chi connectivity index (χ2n) is 4.06. The zero-order valence-electron chi connectivity index (χ0n) is 11.8. The maximum absolute atomic E-state index is 11.6. The average Bonchev–Trinajstić information content (AvgIpc) is 2.45. The third-order valence-electron chi connectivity index (χ3n) is 2.38. The Kier molecular flexibility index (Phi) is 7.13. The Hall–Kier alpha value is -1.80. The van der Waals surface area contributed by atoms with Crippen molar-refractivity contribution in [2.24, 2.45) is 0 Å². The number of imide groups is 1. The van der Waals surface area contributed by atoms with Crippen molar-refractivity contribution in [3.63, 3.8) is 0 Å². The molecule has 0 heterocycles. The van der Waals surface area contributed by atoms with E-state index in [4.69, 9.17) is 21.1 Å². The Labute approximate surface area is 140 Å². The van der Waals surface area contributed by atoms with E-state index in [9.17, 15) is 14.4 Å². The van der Waals surface area contributed by atoms with E-state index < -0.39 is 30.6 Å². The molecule has 1 aromatic rings. The van der Waals surface area contributed by atoms with Gasteiger partial charge in [-0.05, 0) is 41.1 Å². The van der Waals surface area contributed by atoms with Crippen molar-refractivity contribution in [3.05, 3.63) is 27.7 Å². The topological polar surface area (TPSA) is 93.7 Å². The van der Waals surface area contributed by atoms with E-state index in [-0.39, 0.29) is 0 Å². The van der Waals surface area contributed by atoms with Gasteiger partial charge in [-0.15, -0.1) is 0 Å². The summed E-state index contributed by atoms with van der Waals surface area (Å²) in [7, 11) is 1.36. The van der Waals surface area contributed by atoms with Gasteiger partial charge in [0.15, 0.2) is 12.7 Å².